The maximum absolute atomic E-state index is 12.9. The number of anilines is 2. The first kappa shape index (κ1) is 25.0. The monoisotopic (exact) mass is 509 g/mol. The van der Waals surface area contributed by atoms with Gasteiger partial charge in [0.05, 0.1) is 24.0 Å². The van der Waals surface area contributed by atoms with Crippen LogP contribution in [0.2, 0.25) is 0 Å². The largest absolute Gasteiger partial charge is 0.445 e. The molecule has 0 spiro atoms. The van der Waals surface area contributed by atoms with Crippen molar-refractivity contribution in [1.29, 1.82) is 0 Å². The van der Waals surface area contributed by atoms with Gasteiger partial charge in [-0.05, 0) is 24.5 Å². The van der Waals surface area contributed by atoms with Crippen molar-refractivity contribution in [2.24, 2.45) is 0 Å². The summed E-state index contributed by atoms with van der Waals surface area (Å²) in [6, 6.07) is 10.00. The molecule has 4 rings (SSSR count). The molecule has 1 aliphatic rings. The van der Waals surface area contributed by atoms with Gasteiger partial charge in [0, 0.05) is 25.0 Å². The van der Waals surface area contributed by atoms with Gasteiger partial charge in [0.15, 0.2) is 0 Å². The van der Waals surface area contributed by atoms with E-state index >= 15 is 0 Å². The first-order valence-electron chi connectivity index (χ1n) is 11.1. The fourth-order valence-corrected chi connectivity index (χ4v) is 5.29. The minimum absolute atomic E-state index is 0.134. The molecule has 3 N–H and O–H groups in total. The van der Waals surface area contributed by atoms with Gasteiger partial charge >= 0.3 is 12.3 Å². The number of nitrogens with one attached hydrogen (secondary N) is 2. The van der Waals surface area contributed by atoms with Crippen LogP contribution in [0, 0.1) is 0 Å². The van der Waals surface area contributed by atoms with Gasteiger partial charge in [0.25, 0.3) is 0 Å². The van der Waals surface area contributed by atoms with Crippen LogP contribution in [0.15, 0.2) is 36.4 Å². The maximum atomic E-state index is 12.9. The Labute approximate surface area is 204 Å². The number of aromatic nitrogens is 2. The van der Waals surface area contributed by atoms with Gasteiger partial charge in [-0.25, -0.2) is 9.78 Å². The number of carbonyl (C=O) groups excluding carboxylic acids is 1. The SMILES string of the molecule is CNc1nc(N(C)[C@H]2C[C@@H](NC(=O)OCc3ccccc3)C[C@H]2O)c2cc(CC(F)(F)F)sc2n1. The molecule has 0 aliphatic heterocycles. The van der Waals surface area contributed by atoms with E-state index in [-0.39, 0.29) is 23.5 Å². The van der Waals surface area contributed by atoms with Crippen LogP contribution in [-0.4, -0.2) is 59.6 Å². The molecule has 1 amide bonds. The molecule has 188 valence electrons. The maximum Gasteiger partial charge on any atom is 0.407 e. The third kappa shape index (κ3) is 6.12. The molecule has 2 aromatic heterocycles. The van der Waals surface area contributed by atoms with Crippen molar-refractivity contribution in [3.8, 4) is 0 Å². The Kier molecular flexibility index (Phi) is 7.31. The number of alkyl carbamates (subject to hydrolysis) is 1. The Bertz CT molecular complexity index is 1170. The summed E-state index contributed by atoms with van der Waals surface area (Å²) >= 11 is 0.967. The summed E-state index contributed by atoms with van der Waals surface area (Å²) in [6.45, 7) is 0.134. The fraction of sp³-hybridized carbons (Fsp3) is 0.435. The number of hydrogen-bond donors (Lipinski definition) is 3. The van der Waals surface area contributed by atoms with Crippen molar-refractivity contribution in [2.75, 3.05) is 24.3 Å². The molecular formula is C23H26F3N5O3S. The molecule has 8 nitrogen and oxygen atoms in total. The quantitative estimate of drug-likeness (QED) is 0.441. The van der Waals surface area contributed by atoms with E-state index in [1.165, 1.54) is 6.07 Å². The minimum Gasteiger partial charge on any atom is -0.445 e. The average molecular weight is 510 g/mol. The number of rotatable bonds is 7. The van der Waals surface area contributed by atoms with Crippen LogP contribution in [0.3, 0.4) is 0 Å². The predicted octanol–water partition coefficient (Wildman–Crippen LogP) is 4.09. The standard InChI is InChI=1S/C23H26F3N5O3S/c1-27-21-29-19(16-10-15(11-23(24,25)26)35-20(16)30-21)31(2)17-8-14(9-18(17)32)28-22(33)34-12-13-6-4-3-5-7-13/h3-7,10,14,17-18,32H,8-9,11-12H2,1-2H3,(H,28,33)(H,27,29,30)/t14-,17+,18-/m1/s1. The third-order valence-electron chi connectivity index (χ3n) is 5.88. The number of aliphatic hydroxyl groups is 1. The highest BCUT2D eigenvalue weighted by molar-refractivity contribution is 7.18. The lowest BCUT2D eigenvalue weighted by molar-refractivity contribution is -0.126. The van der Waals surface area contributed by atoms with Gasteiger partial charge in [-0.15, -0.1) is 11.3 Å². The molecule has 0 radical (unpaired) electrons. The highest BCUT2D eigenvalue weighted by Gasteiger charge is 2.38. The van der Waals surface area contributed by atoms with E-state index in [1.54, 1.807) is 19.0 Å². The van der Waals surface area contributed by atoms with Gasteiger partial charge in [-0.3, -0.25) is 0 Å². The van der Waals surface area contributed by atoms with E-state index < -0.39 is 30.8 Å². The highest BCUT2D eigenvalue weighted by Crippen LogP contribution is 2.37. The van der Waals surface area contributed by atoms with Gasteiger partial charge in [0.1, 0.15) is 17.3 Å². The van der Waals surface area contributed by atoms with Gasteiger partial charge in [0.2, 0.25) is 5.95 Å². The normalized spacial score (nSPS) is 20.1. The van der Waals surface area contributed by atoms with Crippen LogP contribution in [0.1, 0.15) is 23.3 Å². The van der Waals surface area contributed by atoms with E-state index in [0.29, 0.717) is 28.9 Å². The molecule has 2 heterocycles. The lowest BCUT2D eigenvalue weighted by atomic mass is 10.1. The average Bonchev–Trinajstić information content (AvgIpc) is 3.37. The van der Waals surface area contributed by atoms with Crippen LogP contribution >= 0.6 is 11.3 Å². The van der Waals surface area contributed by atoms with E-state index in [4.69, 9.17) is 4.74 Å². The Balaban J connectivity index is 1.47. The van der Waals surface area contributed by atoms with Gasteiger partial charge < -0.3 is 25.4 Å². The number of alkyl halides is 3. The van der Waals surface area contributed by atoms with Crippen molar-refractivity contribution in [2.45, 2.75) is 50.2 Å². The number of fused-ring (bicyclic) bond motifs is 1. The van der Waals surface area contributed by atoms with E-state index in [2.05, 4.69) is 20.6 Å². The van der Waals surface area contributed by atoms with Crippen molar-refractivity contribution >= 4 is 39.4 Å². The summed E-state index contributed by atoms with van der Waals surface area (Å²) in [5.41, 5.74) is 0.862. The van der Waals surface area contributed by atoms with Crippen LogP contribution in [-0.2, 0) is 17.8 Å². The third-order valence-corrected chi connectivity index (χ3v) is 6.91. The zero-order valence-corrected chi connectivity index (χ0v) is 20.0. The van der Waals surface area contributed by atoms with Gasteiger partial charge in [-0.2, -0.15) is 18.2 Å². The zero-order chi connectivity index (χ0) is 25.2. The molecule has 3 aromatic rings. The van der Waals surface area contributed by atoms with E-state index in [9.17, 15) is 23.1 Å². The predicted molar refractivity (Wildman–Crippen MR) is 128 cm³/mol. The summed E-state index contributed by atoms with van der Waals surface area (Å²) < 4.78 is 44.1. The number of hydrogen-bond acceptors (Lipinski definition) is 8. The number of likely N-dealkylation sites (N-methyl/N-ethyl adjacent to an activating group) is 1. The molecule has 1 saturated carbocycles. The molecule has 3 atom stereocenters. The molecule has 1 aliphatic carbocycles. The molecule has 0 unspecified atom stereocenters. The Morgan fingerprint density at radius 1 is 1.26 bits per heavy atom. The summed E-state index contributed by atoms with van der Waals surface area (Å²) in [4.78, 5) is 23.3. The Morgan fingerprint density at radius 3 is 2.69 bits per heavy atom. The molecule has 1 aromatic carbocycles. The molecular weight excluding hydrogens is 483 g/mol. The van der Waals surface area contributed by atoms with Crippen molar-refractivity contribution < 1.29 is 27.8 Å². The number of nitrogens with zero attached hydrogens (tertiary/aromatic N) is 3. The Morgan fingerprint density at radius 2 is 2.00 bits per heavy atom. The number of aliphatic hydroxyl groups excluding tert-OH is 1. The summed E-state index contributed by atoms with van der Waals surface area (Å²) in [5, 5.41) is 16.8. The second kappa shape index (κ2) is 10.2. The minimum atomic E-state index is -4.33. The van der Waals surface area contributed by atoms with Gasteiger partial charge in [-0.1, -0.05) is 30.3 Å². The first-order valence-corrected chi connectivity index (χ1v) is 11.9. The summed E-state index contributed by atoms with van der Waals surface area (Å²) in [5.74, 6) is 0.687. The number of amides is 1. The van der Waals surface area contributed by atoms with E-state index in [1.807, 2.05) is 30.3 Å². The van der Waals surface area contributed by atoms with Crippen LogP contribution in [0.5, 0.6) is 0 Å². The number of benzene rings is 1. The number of carbonyl (C=O) groups is 1. The van der Waals surface area contributed by atoms with Crippen LogP contribution < -0.4 is 15.5 Å². The lowest BCUT2D eigenvalue weighted by Crippen LogP contribution is -2.39. The van der Waals surface area contributed by atoms with Crippen molar-refractivity contribution in [3.63, 3.8) is 0 Å². The summed E-state index contributed by atoms with van der Waals surface area (Å²) in [7, 11) is 3.35. The molecule has 12 heteroatoms. The molecule has 1 fully saturated rings. The van der Waals surface area contributed by atoms with Crippen LogP contribution in [0.25, 0.3) is 10.2 Å². The molecule has 35 heavy (non-hydrogen) atoms. The number of ether oxygens (including phenoxy) is 1. The van der Waals surface area contributed by atoms with Crippen LogP contribution in [0.4, 0.5) is 29.7 Å². The second-order valence-corrected chi connectivity index (χ2v) is 9.58. The topological polar surface area (TPSA) is 99.6 Å². The molecule has 0 bridgehead atoms. The smallest absolute Gasteiger partial charge is 0.407 e. The highest BCUT2D eigenvalue weighted by atomic mass is 32.1. The second-order valence-electron chi connectivity index (χ2n) is 8.46. The summed E-state index contributed by atoms with van der Waals surface area (Å²) in [6.07, 6.45) is -6.01. The fourth-order valence-electron chi connectivity index (χ4n) is 4.24. The van der Waals surface area contributed by atoms with Crippen molar-refractivity contribution in [3.05, 3.63) is 46.8 Å². The first-order chi connectivity index (χ1) is 16.6. The van der Waals surface area contributed by atoms with E-state index in [0.717, 1.165) is 16.9 Å². The number of thiophene rings is 1. The Hall–Kier alpha value is -3.12. The van der Waals surface area contributed by atoms with Crippen molar-refractivity contribution in [1.82, 2.24) is 15.3 Å². The molecule has 0 saturated heterocycles. The number of halogens is 3. The lowest BCUT2D eigenvalue weighted by Gasteiger charge is -2.28. The zero-order valence-electron chi connectivity index (χ0n) is 19.2.